The molecule has 7 heteroatoms. The lowest BCUT2D eigenvalue weighted by molar-refractivity contribution is 0.383. The van der Waals surface area contributed by atoms with Gasteiger partial charge in [-0.05, 0) is 26.7 Å². The third kappa shape index (κ3) is 3.88. The maximum atomic E-state index is 11.8. The van der Waals surface area contributed by atoms with E-state index < -0.39 is 10.2 Å². The highest BCUT2D eigenvalue weighted by Gasteiger charge is 2.33. The lowest BCUT2D eigenvalue weighted by Crippen LogP contribution is -2.47. The lowest BCUT2D eigenvalue weighted by Gasteiger charge is -2.24. The van der Waals surface area contributed by atoms with E-state index >= 15 is 0 Å². The van der Waals surface area contributed by atoms with Gasteiger partial charge >= 0.3 is 0 Å². The molecule has 0 aliphatic carbocycles. The number of rotatable bonds is 4. The molecular formula is C8H20ClN3O2S. The fraction of sp³-hybridized carbons (Fsp3) is 1.00. The SMILES string of the molecule is CC(C)NS(=O)(=O)N1CCCC1CN.Cl. The third-order valence-electron chi connectivity index (χ3n) is 2.29. The van der Waals surface area contributed by atoms with E-state index in [0.717, 1.165) is 12.8 Å². The first kappa shape index (κ1) is 15.1. The standard InChI is InChI=1S/C8H19N3O2S.ClH/c1-7(2)10-14(12,13)11-5-3-4-8(11)6-9;/h7-8,10H,3-6,9H2,1-2H3;1H. The molecule has 0 radical (unpaired) electrons. The zero-order valence-corrected chi connectivity index (χ0v) is 10.8. The monoisotopic (exact) mass is 257 g/mol. The van der Waals surface area contributed by atoms with E-state index in [-0.39, 0.29) is 24.5 Å². The van der Waals surface area contributed by atoms with Gasteiger partial charge in [0.2, 0.25) is 0 Å². The van der Waals surface area contributed by atoms with Crippen molar-refractivity contribution in [1.29, 1.82) is 0 Å². The molecule has 1 atom stereocenters. The Morgan fingerprint density at radius 3 is 2.60 bits per heavy atom. The average molecular weight is 258 g/mol. The zero-order valence-electron chi connectivity index (χ0n) is 9.14. The zero-order chi connectivity index (χ0) is 10.8. The van der Waals surface area contributed by atoms with Crippen molar-refractivity contribution in [1.82, 2.24) is 9.03 Å². The Hall–Kier alpha value is 0.120. The Morgan fingerprint density at radius 1 is 1.53 bits per heavy atom. The van der Waals surface area contributed by atoms with Crippen molar-refractivity contribution in [3.8, 4) is 0 Å². The van der Waals surface area contributed by atoms with Crippen LogP contribution in [0.5, 0.6) is 0 Å². The summed E-state index contributed by atoms with van der Waals surface area (Å²) in [7, 11) is -3.32. The quantitative estimate of drug-likeness (QED) is 0.749. The molecule has 1 saturated heterocycles. The summed E-state index contributed by atoms with van der Waals surface area (Å²) >= 11 is 0. The van der Waals surface area contributed by atoms with Gasteiger partial charge in [-0.1, -0.05) is 0 Å². The van der Waals surface area contributed by atoms with E-state index in [1.165, 1.54) is 4.31 Å². The van der Waals surface area contributed by atoms with Crippen LogP contribution in [-0.4, -0.2) is 37.9 Å². The van der Waals surface area contributed by atoms with Crippen molar-refractivity contribution in [2.75, 3.05) is 13.1 Å². The Labute approximate surface area is 98.0 Å². The smallest absolute Gasteiger partial charge is 0.279 e. The Kier molecular flexibility index (Phi) is 6.05. The van der Waals surface area contributed by atoms with Crippen molar-refractivity contribution >= 4 is 22.6 Å². The molecule has 92 valence electrons. The molecule has 1 aliphatic rings. The molecule has 1 fully saturated rings. The van der Waals surface area contributed by atoms with Crippen molar-refractivity contribution in [3.05, 3.63) is 0 Å². The first-order valence-corrected chi connectivity index (χ1v) is 6.40. The van der Waals surface area contributed by atoms with E-state index in [4.69, 9.17) is 5.73 Å². The second-order valence-corrected chi connectivity index (χ2v) is 5.57. The average Bonchev–Trinajstić information content (AvgIpc) is 2.48. The summed E-state index contributed by atoms with van der Waals surface area (Å²) in [5.41, 5.74) is 5.52. The van der Waals surface area contributed by atoms with Crippen LogP contribution in [0.3, 0.4) is 0 Å². The minimum atomic E-state index is -3.32. The summed E-state index contributed by atoms with van der Waals surface area (Å²) in [6.45, 7) is 4.61. The number of nitrogens with zero attached hydrogens (tertiary/aromatic N) is 1. The molecule has 0 saturated carbocycles. The van der Waals surface area contributed by atoms with E-state index in [1.807, 2.05) is 13.8 Å². The van der Waals surface area contributed by atoms with Gasteiger partial charge in [-0.2, -0.15) is 17.4 Å². The molecule has 3 N–H and O–H groups in total. The van der Waals surface area contributed by atoms with E-state index in [9.17, 15) is 8.42 Å². The third-order valence-corrected chi connectivity index (χ3v) is 4.16. The summed E-state index contributed by atoms with van der Waals surface area (Å²) in [4.78, 5) is 0. The number of nitrogens with two attached hydrogens (primary N) is 1. The van der Waals surface area contributed by atoms with Crippen LogP contribution in [0, 0.1) is 0 Å². The highest BCUT2D eigenvalue weighted by atomic mass is 35.5. The van der Waals surface area contributed by atoms with Crippen LogP contribution in [0.2, 0.25) is 0 Å². The minimum Gasteiger partial charge on any atom is -0.329 e. The van der Waals surface area contributed by atoms with E-state index in [2.05, 4.69) is 4.72 Å². The first-order valence-electron chi connectivity index (χ1n) is 4.96. The van der Waals surface area contributed by atoms with Gasteiger partial charge in [0.15, 0.2) is 0 Å². The summed E-state index contributed by atoms with van der Waals surface area (Å²) < 4.78 is 27.6. The van der Waals surface area contributed by atoms with Gasteiger partial charge in [0, 0.05) is 25.2 Å². The van der Waals surface area contributed by atoms with Crippen LogP contribution in [0.4, 0.5) is 0 Å². The normalized spacial score (nSPS) is 23.1. The van der Waals surface area contributed by atoms with Crippen molar-refractivity contribution in [3.63, 3.8) is 0 Å². The summed E-state index contributed by atoms with van der Waals surface area (Å²) in [5.74, 6) is 0. The van der Waals surface area contributed by atoms with Gasteiger partial charge < -0.3 is 5.73 Å². The van der Waals surface area contributed by atoms with Gasteiger partial charge in [-0.15, -0.1) is 12.4 Å². The predicted molar refractivity (Wildman–Crippen MR) is 63.2 cm³/mol. The van der Waals surface area contributed by atoms with Crippen LogP contribution in [0.15, 0.2) is 0 Å². The molecule has 0 spiro atoms. The highest BCUT2D eigenvalue weighted by molar-refractivity contribution is 7.87. The fourth-order valence-corrected chi connectivity index (χ4v) is 3.41. The second-order valence-electron chi connectivity index (χ2n) is 3.92. The Morgan fingerprint density at radius 2 is 2.13 bits per heavy atom. The molecule has 5 nitrogen and oxygen atoms in total. The molecule has 1 unspecified atom stereocenters. The van der Waals surface area contributed by atoms with Gasteiger partial charge in [-0.25, -0.2) is 0 Å². The summed E-state index contributed by atoms with van der Waals surface area (Å²) in [5, 5.41) is 0. The Bertz CT molecular complexity index is 282. The van der Waals surface area contributed by atoms with E-state index in [0.29, 0.717) is 13.1 Å². The Balaban J connectivity index is 0.00000196. The van der Waals surface area contributed by atoms with Crippen LogP contribution in [0.25, 0.3) is 0 Å². The van der Waals surface area contributed by atoms with Crippen LogP contribution in [-0.2, 0) is 10.2 Å². The first-order chi connectivity index (χ1) is 6.47. The van der Waals surface area contributed by atoms with Crippen molar-refractivity contribution in [2.45, 2.75) is 38.8 Å². The fourth-order valence-electron chi connectivity index (χ4n) is 1.73. The number of hydrogen-bond acceptors (Lipinski definition) is 3. The number of hydrogen-bond donors (Lipinski definition) is 2. The number of nitrogens with one attached hydrogen (secondary N) is 1. The van der Waals surface area contributed by atoms with Crippen LogP contribution >= 0.6 is 12.4 Å². The molecular weight excluding hydrogens is 238 g/mol. The molecule has 1 aliphatic heterocycles. The second kappa shape index (κ2) is 6.00. The molecule has 0 aromatic rings. The topological polar surface area (TPSA) is 75.4 Å². The van der Waals surface area contributed by atoms with E-state index in [1.54, 1.807) is 0 Å². The summed E-state index contributed by atoms with van der Waals surface area (Å²) in [6.07, 6.45) is 1.77. The van der Waals surface area contributed by atoms with Gasteiger partial charge in [0.1, 0.15) is 0 Å². The minimum absolute atomic E-state index is 0. The molecule has 0 amide bonds. The maximum absolute atomic E-state index is 11.8. The largest absolute Gasteiger partial charge is 0.329 e. The molecule has 1 heterocycles. The molecule has 15 heavy (non-hydrogen) atoms. The molecule has 0 aromatic carbocycles. The van der Waals surface area contributed by atoms with Crippen molar-refractivity contribution < 1.29 is 8.42 Å². The predicted octanol–water partition coefficient (Wildman–Crippen LogP) is 0.0741. The lowest BCUT2D eigenvalue weighted by atomic mass is 10.2. The molecule has 0 bridgehead atoms. The van der Waals surface area contributed by atoms with Gasteiger partial charge in [-0.3, -0.25) is 0 Å². The number of halogens is 1. The van der Waals surface area contributed by atoms with Crippen LogP contribution in [0.1, 0.15) is 26.7 Å². The highest BCUT2D eigenvalue weighted by Crippen LogP contribution is 2.19. The van der Waals surface area contributed by atoms with Crippen LogP contribution < -0.4 is 10.5 Å². The van der Waals surface area contributed by atoms with Crippen molar-refractivity contribution in [2.24, 2.45) is 5.73 Å². The van der Waals surface area contributed by atoms with Gasteiger partial charge in [0.25, 0.3) is 10.2 Å². The molecule has 0 aromatic heterocycles. The van der Waals surface area contributed by atoms with Gasteiger partial charge in [0.05, 0.1) is 0 Å². The molecule has 1 rings (SSSR count). The summed E-state index contributed by atoms with van der Waals surface area (Å²) in [6, 6.07) is -0.0923. The maximum Gasteiger partial charge on any atom is 0.279 e.